The summed E-state index contributed by atoms with van der Waals surface area (Å²) in [6, 6.07) is 6.73. The van der Waals surface area contributed by atoms with Gasteiger partial charge in [0.05, 0.1) is 59.4 Å². The number of hydrogen-bond acceptors (Lipinski definition) is 11. The molecule has 5 aromatic rings. The van der Waals surface area contributed by atoms with Crippen LogP contribution in [0.15, 0.2) is 47.7 Å². The molecule has 63 heavy (non-hydrogen) atoms. The predicted molar refractivity (Wildman–Crippen MR) is 226 cm³/mol. The smallest absolute Gasteiger partial charge is 0.329 e. The first kappa shape index (κ1) is 41.1. The summed E-state index contributed by atoms with van der Waals surface area (Å²) >= 11 is 0. The molecule has 2 N–H and O–H groups in total. The zero-order valence-electron chi connectivity index (χ0n) is 34.9. The number of rotatable bonds is 10. The third kappa shape index (κ3) is 8.00. The lowest BCUT2D eigenvalue weighted by Gasteiger charge is -2.36. The van der Waals surface area contributed by atoms with E-state index >= 15 is 0 Å². The first-order valence-corrected chi connectivity index (χ1v) is 21.9. The maximum absolute atomic E-state index is 14.3. The highest BCUT2D eigenvalue weighted by molar-refractivity contribution is 6.08. The van der Waals surface area contributed by atoms with E-state index in [-0.39, 0.29) is 66.6 Å². The van der Waals surface area contributed by atoms with Crippen molar-refractivity contribution >= 4 is 45.9 Å². The number of para-hydroxylation sites is 1. The monoisotopic (exact) mass is 865 g/mol. The van der Waals surface area contributed by atoms with Gasteiger partial charge in [0.25, 0.3) is 12.3 Å². The highest BCUT2D eigenvalue weighted by Crippen LogP contribution is 2.36. The van der Waals surface area contributed by atoms with Crippen LogP contribution in [0.1, 0.15) is 97.9 Å². The number of halogens is 2. The standard InChI is InChI=1S/C44H49F2N11O6/c1-52-39-27(4-2-6-34(39)57(44(52)61)35-11-12-37(58)50-43(35)60)5-3-19-62-30-13-16-53(17-14-30)22-26-7-9-28(10-8-26)56-24-33(38(51-56)40(45)46)48-42(59)32-21-47-55-18-15-36(49-41(32)55)54-23-31-20-29(54)25-63-31/h2,4,6,15,18,21,24,26,28-31,35,40H,7-14,16-17,19-20,22-23,25H2,1H3,(H,48,59)(H,50,58,60). The second kappa shape index (κ2) is 17.0. The number of amides is 3. The van der Waals surface area contributed by atoms with Crippen LogP contribution in [0.2, 0.25) is 0 Å². The third-order valence-corrected chi connectivity index (χ3v) is 13.5. The van der Waals surface area contributed by atoms with Gasteiger partial charge < -0.3 is 24.6 Å². The van der Waals surface area contributed by atoms with Crippen LogP contribution in [0, 0.1) is 17.8 Å². The summed E-state index contributed by atoms with van der Waals surface area (Å²) in [5.41, 5.74) is 1.62. The summed E-state index contributed by atoms with van der Waals surface area (Å²) in [6.45, 7) is 4.40. The van der Waals surface area contributed by atoms with Crippen LogP contribution in [0.5, 0.6) is 0 Å². The Bertz CT molecular complexity index is 2700. The van der Waals surface area contributed by atoms with Gasteiger partial charge in [-0.15, -0.1) is 0 Å². The second-order valence-electron chi connectivity index (χ2n) is 17.4. The van der Waals surface area contributed by atoms with Gasteiger partial charge in [0.1, 0.15) is 24.0 Å². The summed E-state index contributed by atoms with van der Waals surface area (Å²) < 4.78 is 46.5. The van der Waals surface area contributed by atoms with Crippen molar-refractivity contribution in [2.45, 2.75) is 94.5 Å². The fourth-order valence-corrected chi connectivity index (χ4v) is 10.2. The molecule has 0 spiro atoms. The molecule has 19 heteroatoms. The van der Waals surface area contributed by atoms with E-state index in [1.54, 1.807) is 24.0 Å². The molecule has 0 radical (unpaired) electrons. The molecule has 3 amide bonds. The van der Waals surface area contributed by atoms with Gasteiger partial charge in [0.15, 0.2) is 11.3 Å². The summed E-state index contributed by atoms with van der Waals surface area (Å²) in [5.74, 6) is 6.11. The van der Waals surface area contributed by atoms with Crippen LogP contribution < -0.4 is 21.2 Å². The quantitative estimate of drug-likeness (QED) is 0.154. The highest BCUT2D eigenvalue weighted by atomic mass is 19.3. The van der Waals surface area contributed by atoms with Crippen LogP contribution in [0.25, 0.3) is 16.7 Å². The van der Waals surface area contributed by atoms with Crippen LogP contribution in [0.4, 0.5) is 20.3 Å². The molecule has 10 rings (SSSR count). The zero-order valence-corrected chi connectivity index (χ0v) is 34.9. The van der Waals surface area contributed by atoms with Gasteiger partial charge in [0, 0.05) is 52.0 Å². The lowest BCUT2D eigenvalue weighted by atomic mass is 9.85. The molecule has 1 saturated carbocycles. The molecular formula is C44H49F2N11O6. The Kier molecular flexibility index (Phi) is 11.1. The van der Waals surface area contributed by atoms with Crippen molar-refractivity contribution < 1.29 is 32.6 Å². The zero-order chi connectivity index (χ0) is 43.4. The second-order valence-corrected chi connectivity index (χ2v) is 17.4. The van der Waals surface area contributed by atoms with Crippen molar-refractivity contribution in [3.63, 3.8) is 0 Å². The number of carbonyl (C=O) groups is 3. The molecule has 1 aliphatic carbocycles. The highest BCUT2D eigenvalue weighted by Gasteiger charge is 2.40. The molecule has 5 fully saturated rings. The third-order valence-electron chi connectivity index (χ3n) is 13.5. The van der Waals surface area contributed by atoms with Crippen molar-refractivity contribution in [1.29, 1.82) is 0 Å². The van der Waals surface area contributed by atoms with E-state index in [0.29, 0.717) is 34.8 Å². The largest absolute Gasteiger partial charge is 0.374 e. The number of nitrogens with one attached hydrogen (secondary N) is 2. The average Bonchev–Trinajstić information content (AvgIpc) is 4.13. The summed E-state index contributed by atoms with van der Waals surface area (Å²) in [7, 11) is 1.66. The molecular weight excluding hydrogens is 817 g/mol. The topological polar surface area (TPSA) is 175 Å². The van der Waals surface area contributed by atoms with E-state index in [0.717, 1.165) is 76.9 Å². The predicted octanol–water partition coefficient (Wildman–Crippen LogP) is 3.99. The maximum atomic E-state index is 14.3. The minimum Gasteiger partial charge on any atom is -0.374 e. The molecule has 17 nitrogen and oxygen atoms in total. The molecule has 3 atom stereocenters. The minimum atomic E-state index is -2.86. The van der Waals surface area contributed by atoms with Crippen molar-refractivity contribution in [3.8, 4) is 11.8 Å². The number of piperidine rings is 2. The number of benzene rings is 1. The van der Waals surface area contributed by atoms with Crippen LogP contribution in [-0.4, -0.2) is 114 Å². The molecule has 4 aromatic heterocycles. The Morgan fingerprint density at radius 1 is 1.06 bits per heavy atom. The molecule has 4 saturated heterocycles. The van der Waals surface area contributed by atoms with Gasteiger partial charge >= 0.3 is 5.69 Å². The Morgan fingerprint density at radius 2 is 1.89 bits per heavy atom. The van der Waals surface area contributed by atoms with Gasteiger partial charge in [-0.25, -0.2) is 23.1 Å². The van der Waals surface area contributed by atoms with Crippen molar-refractivity contribution in [3.05, 3.63) is 70.2 Å². The van der Waals surface area contributed by atoms with E-state index in [1.165, 1.54) is 26.0 Å². The fraction of sp³-hybridized carbons (Fsp3) is 0.523. The van der Waals surface area contributed by atoms with E-state index < -0.39 is 30.0 Å². The Hall–Kier alpha value is -5.97. The fourth-order valence-electron chi connectivity index (χ4n) is 10.2. The number of fused-ring (bicyclic) bond motifs is 4. The molecule has 8 heterocycles. The number of aryl methyl sites for hydroxylation is 1. The number of nitrogens with zero attached hydrogens (tertiary/aromatic N) is 9. The first-order valence-electron chi connectivity index (χ1n) is 21.9. The number of hydrogen-bond donors (Lipinski definition) is 2. The number of likely N-dealkylation sites (tertiary alicyclic amines) is 1. The Labute approximate surface area is 360 Å². The molecule has 3 unspecified atom stereocenters. The molecule has 330 valence electrons. The van der Waals surface area contributed by atoms with Gasteiger partial charge in [-0.2, -0.15) is 10.2 Å². The van der Waals surface area contributed by atoms with Gasteiger partial charge in [-0.05, 0) is 75.5 Å². The number of imidazole rings is 1. The number of aromatic nitrogens is 7. The number of morpholine rings is 1. The van der Waals surface area contributed by atoms with Crippen molar-refractivity contribution in [2.75, 3.05) is 49.6 Å². The molecule has 1 aromatic carbocycles. The average molecular weight is 866 g/mol. The van der Waals surface area contributed by atoms with Crippen molar-refractivity contribution in [1.82, 2.24) is 43.7 Å². The molecule has 4 aliphatic heterocycles. The number of carbonyl (C=O) groups excluding carboxylic acids is 3. The maximum Gasteiger partial charge on any atom is 0.329 e. The van der Waals surface area contributed by atoms with Crippen LogP contribution in [0.3, 0.4) is 0 Å². The first-order chi connectivity index (χ1) is 30.6. The van der Waals surface area contributed by atoms with E-state index in [1.807, 2.05) is 18.2 Å². The number of imide groups is 1. The summed E-state index contributed by atoms with van der Waals surface area (Å²) in [5, 5.41) is 13.6. The summed E-state index contributed by atoms with van der Waals surface area (Å²) in [6.07, 6.45) is 8.73. The lowest BCUT2D eigenvalue weighted by Crippen LogP contribution is -2.44. The lowest BCUT2D eigenvalue weighted by molar-refractivity contribution is -0.135. The van der Waals surface area contributed by atoms with Gasteiger partial charge in [0.2, 0.25) is 11.8 Å². The number of alkyl halides is 2. The van der Waals surface area contributed by atoms with Gasteiger partial charge in [-0.3, -0.25) is 33.5 Å². The normalized spacial score (nSPS) is 24.4. The van der Waals surface area contributed by atoms with Gasteiger partial charge in [-0.1, -0.05) is 17.9 Å². The molecule has 5 aliphatic rings. The van der Waals surface area contributed by atoms with Crippen LogP contribution in [-0.2, 0) is 26.1 Å². The van der Waals surface area contributed by atoms with E-state index in [9.17, 15) is 28.0 Å². The SMILES string of the molecule is Cn1c(=O)n(C2CCC(=O)NC2=O)c2cccc(C#CCOC3CCN(CC4CCC(n5cc(NC(=O)c6cnn7ccc(N8CC9CC8CO9)nc67)c(C(F)F)n5)CC4)CC3)c21. The Morgan fingerprint density at radius 3 is 2.63 bits per heavy atom. The molecule has 2 bridgehead atoms. The van der Waals surface area contributed by atoms with Crippen molar-refractivity contribution in [2.24, 2.45) is 13.0 Å². The minimum absolute atomic E-state index is 0.0104. The van der Waals surface area contributed by atoms with E-state index in [4.69, 9.17) is 14.5 Å². The number of ether oxygens (including phenoxy) is 2. The van der Waals surface area contributed by atoms with Crippen LogP contribution >= 0.6 is 0 Å². The summed E-state index contributed by atoms with van der Waals surface area (Å²) in [4.78, 5) is 60.5. The van der Waals surface area contributed by atoms with E-state index in [2.05, 4.69) is 42.5 Å². The number of anilines is 2. The Balaban J connectivity index is 0.700.